The molecule has 0 rings (SSSR count). The zero-order chi connectivity index (χ0) is 11.2. The van der Waals surface area contributed by atoms with Gasteiger partial charge >= 0.3 is 8.56 Å². The van der Waals surface area contributed by atoms with Crippen LogP contribution in [0.2, 0.25) is 11.1 Å². The molecular formula is C11H26O2Si. The van der Waals surface area contributed by atoms with Crippen LogP contribution in [0.25, 0.3) is 0 Å². The van der Waals surface area contributed by atoms with Gasteiger partial charge in [-0.1, -0.05) is 41.0 Å². The third-order valence-corrected chi connectivity index (χ3v) is 7.32. The van der Waals surface area contributed by atoms with Crippen molar-refractivity contribution >= 4 is 8.56 Å². The molecular weight excluding hydrogens is 192 g/mol. The van der Waals surface area contributed by atoms with Crippen LogP contribution in [0.5, 0.6) is 0 Å². The van der Waals surface area contributed by atoms with Crippen molar-refractivity contribution in [3.63, 3.8) is 0 Å². The first kappa shape index (κ1) is 14.1. The minimum Gasteiger partial charge on any atom is -0.397 e. The fourth-order valence-corrected chi connectivity index (χ4v) is 4.93. The molecule has 1 atom stereocenters. The second-order valence-corrected chi connectivity index (χ2v) is 9.17. The predicted molar refractivity (Wildman–Crippen MR) is 63.8 cm³/mol. The summed E-state index contributed by atoms with van der Waals surface area (Å²) in [5.74, 6) is 0. The van der Waals surface area contributed by atoms with E-state index in [0.29, 0.717) is 0 Å². The van der Waals surface area contributed by atoms with Gasteiger partial charge in [-0.25, -0.2) is 0 Å². The van der Waals surface area contributed by atoms with E-state index in [1.807, 2.05) is 0 Å². The Kier molecular flexibility index (Phi) is 5.94. The summed E-state index contributed by atoms with van der Waals surface area (Å²) in [6.07, 6.45) is 2.32. The van der Waals surface area contributed by atoms with E-state index in [1.165, 1.54) is 6.42 Å². The second kappa shape index (κ2) is 5.88. The molecule has 0 amide bonds. The van der Waals surface area contributed by atoms with Crippen LogP contribution >= 0.6 is 0 Å². The van der Waals surface area contributed by atoms with E-state index < -0.39 is 8.56 Å². The molecule has 86 valence electrons. The van der Waals surface area contributed by atoms with E-state index in [2.05, 4.69) is 34.6 Å². The maximum atomic E-state index is 6.05. The number of hydrogen-bond donors (Lipinski definition) is 0. The lowest BCUT2D eigenvalue weighted by Crippen LogP contribution is -2.49. The summed E-state index contributed by atoms with van der Waals surface area (Å²) < 4.78 is 11.8. The normalized spacial score (nSPS) is 16.7. The molecule has 0 bridgehead atoms. The highest BCUT2D eigenvalue weighted by Gasteiger charge is 2.46. The van der Waals surface area contributed by atoms with Crippen LogP contribution in [0.15, 0.2) is 0 Å². The molecule has 0 aliphatic rings. The Morgan fingerprint density at radius 2 is 1.71 bits per heavy atom. The summed E-state index contributed by atoms with van der Waals surface area (Å²) in [4.78, 5) is 0. The van der Waals surface area contributed by atoms with Crippen molar-refractivity contribution in [3.8, 4) is 0 Å². The molecule has 0 N–H and O–H groups in total. The van der Waals surface area contributed by atoms with Gasteiger partial charge in [0.05, 0.1) is 0 Å². The number of rotatable bonds is 6. The van der Waals surface area contributed by atoms with Crippen LogP contribution < -0.4 is 0 Å². The van der Waals surface area contributed by atoms with Gasteiger partial charge in [-0.15, -0.1) is 0 Å². The van der Waals surface area contributed by atoms with Crippen molar-refractivity contribution in [2.75, 3.05) is 13.7 Å². The zero-order valence-electron chi connectivity index (χ0n) is 10.6. The molecule has 3 heteroatoms. The molecule has 14 heavy (non-hydrogen) atoms. The van der Waals surface area contributed by atoms with E-state index in [9.17, 15) is 0 Å². The highest BCUT2D eigenvalue weighted by molar-refractivity contribution is 6.70. The first-order valence-corrected chi connectivity index (χ1v) is 7.65. The molecule has 0 radical (unpaired) electrons. The molecule has 0 aromatic rings. The van der Waals surface area contributed by atoms with Crippen LogP contribution in [-0.4, -0.2) is 22.3 Å². The van der Waals surface area contributed by atoms with Gasteiger partial charge in [-0.2, -0.15) is 0 Å². The van der Waals surface area contributed by atoms with Crippen LogP contribution in [0.3, 0.4) is 0 Å². The Hall–Kier alpha value is 0.137. The van der Waals surface area contributed by atoms with Gasteiger partial charge in [-0.05, 0) is 12.5 Å². The highest BCUT2D eigenvalue weighted by Crippen LogP contribution is 2.39. The van der Waals surface area contributed by atoms with Gasteiger partial charge in [0.1, 0.15) is 0 Å². The minimum atomic E-state index is -1.98. The summed E-state index contributed by atoms with van der Waals surface area (Å²) in [6.45, 7) is 11.9. The van der Waals surface area contributed by atoms with E-state index in [0.717, 1.165) is 19.1 Å². The van der Waals surface area contributed by atoms with Crippen molar-refractivity contribution in [2.45, 2.75) is 58.5 Å². The zero-order valence-corrected chi connectivity index (χ0v) is 11.6. The smallest absolute Gasteiger partial charge is 0.343 e. The summed E-state index contributed by atoms with van der Waals surface area (Å²) in [5.41, 5.74) is 0. The van der Waals surface area contributed by atoms with Crippen LogP contribution in [-0.2, 0) is 8.85 Å². The lowest BCUT2D eigenvalue weighted by molar-refractivity contribution is 0.173. The fourth-order valence-electron chi connectivity index (χ4n) is 1.74. The Bertz CT molecular complexity index is 148. The molecule has 0 fully saturated rings. The molecule has 0 saturated carbocycles. The predicted octanol–water partition coefficient (Wildman–Crippen LogP) is 3.71. The van der Waals surface area contributed by atoms with E-state index in [1.54, 1.807) is 7.11 Å². The largest absolute Gasteiger partial charge is 0.397 e. The van der Waals surface area contributed by atoms with Crippen LogP contribution in [0.1, 0.15) is 47.5 Å². The highest BCUT2D eigenvalue weighted by atomic mass is 28.4. The molecule has 0 spiro atoms. The Morgan fingerprint density at radius 3 is 2.00 bits per heavy atom. The lowest BCUT2D eigenvalue weighted by Gasteiger charge is -2.39. The molecule has 2 nitrogen and oxygen atoms in total. The quantitative estimate of drug-likeness (QED) is 0.500. The van der Waals surface area contributed by atoms with Crippen molar-refractivity contribution < 1.29 is 8.85 Å². The minimum absolute atomic E-state index is 0.157. The van der Waals surface area contributed by atoms with Gasteiger partial charge in [0.25, 0.3) is 0 Å². The first-order chi connectivity index (χ1) is 6.43. The van der Waals surface area contributed by atoms with Crippen LogP contribution in [0, 0.1) is 0 Å². The maximum absolute atomic E-state index is 6.05. The van der Waals surface area contributed by atoms with E-state index >= 15 is 0 Å². The Balaban J connectivity index is 4.39. The van der Waals surface area contributed by atoms with Crippen molar-refractivity contribution in [1.29, 1.82) is 0 Å². The van der Waals surface area contributed by atoms with Crippen molar-refractivity contribution in [3.05, 3.63) is 0 Å². The maximum Gasteiger partial charge on any atom is 0.343 e. The molecule has 1 unspecified atom stereocenters. The average Bonchev–Trinajstić information content (AvgIpc) is 2.11. The lowest BCUT2D eigenvalue weighted by atomic mass is 10.2. The van der Waals surface area contributed by atoms with Gasteiger partial charge in [0.15, 0.2) is 0 Å². The van der Waals surface area contributed by atoms with E-state index in [4.69, 9.17) is 8.85 Å². The van der Waals surface area contributed by atoms with Gasteiger partial charge in [0, 0.05) is 18.8 Å². The average molecular weight is 218 g/mol. The van der Waals surface area contributed by atoms with Gasteiger partial charge < -0.3 is 8.85 Å². The van der Waals surface area contributed by atoms with Crippen molar-refractivity contribution in [1.82, 2.24) is 0 Å². The second-order valence-electron chi connectivity index (χ2n) is 4.76. The summed E-state index contributed by atoms with van der Waals surface area (Å²) in [5, 5.41) is 0.157. The summed E-state index contributed by atoms with van der Waals surface area (Å²) >= 11 is 0. The molecule has 0 aliphatic heterocycles. The van der Waals surface area contributed by atoms with Crippen LogP contribution in [0.4, 0.5) is 0 Å². The molecule has 0 aliphatic carbocycles. The Labute approximate surface area is 90.2 Å². The molecule has 0 saturated heterocycles. The fraction of sp³-hybridized carbons (Fsp3) is 1.00. The van der Waals surface area contributed by atoms with Gasteiger partial charge in [-0.3, -0.25) is 0 Å². The number of unbranched alkanes of at least 4 members (excludes halogenated alkanes) is 1. The Morgan fingerprint density at radius 1 is 1.14 bits per heavy atom. The molecule has 0 aromatic carbocycles. The molecule has 0 aromatic heterocycles. The van der Waals surface area contributed by atoms with Gasteiger partial charge in [0.2, 0.25) is 0 Å². The monoisotopic (exact) mass is 218 g/mol. The van der Waals surface area contributed by atoms with Crippen molar-refractivity contribution in [2.24, 2.45) is 0 Å². The third-order valence-electron chi connectivity index (χ3n) is 2.77. The summed E-state index contributed by atoms with van der Waals surface area (Å²) in [7, 11) is -0.184. The standard InChI is InChI=1S/C11H26O2Si/c1-7-9-10-13-14(8-2,12-6)11(3,4)5/h7-10H2,1-6H3. The topological polar surface area (TPSA) is 18.5 Å². The number of hydrogen-bond acceptors (Lipinski definition) is 2. The SMILES string of the molecule is CCCCO[Si](CC)(OC)C(C)(C)C. The van der Waals surface area contributed by atoms with E-state index in [-0.39, 0.29) is 5.04 Å². The molecule has 0 heterocycles. The summed E-state index contributed by atoms with van der Waals surface area (Å²) in [6, 6.07) is 1.02. The third kappa shape index (κ3) is 3.37. The first-order valence-electron chi connectivity index (χ1n) is 5.62.